The number of phenolic OH excluding ortho intramolecular Hbond substituents is 1. The van der Waals surface area contributed by atoms with Crippen molar-refractivity contribution in [1.29, 1.82) is 0 Å². The number of carbonyl (C=O) groups is 3. The van der Waals surface area contributed by atoms with Gasteiger partial charge in [-0.1, -0.05) is 24.3 Å². The van der Waals surface area contributed by atoms with Gasteiger partial charge in [-0.2, -0.15) is 0 Å². The fourth-order valence-electron chi connectivity index (χ4n) is 1.69. The van der Waals surface area contributed by atoms with Crippen LogP contribution in [0, 0.1) is 0 Å². The van der Waals surface area contributed by atoms with Crippen molar-refractivity contribution in [3.05, 3.63) is 54.1 Å². The van der Waals surface area contributed by atoms with Crippen LogP contribution in [0.5, 0.6) is 5.75 Å². The summed E-state index contributed by atoms with van der Waals surface area (Å²) < 4.78 is 0. The van der Waals surface area contributed by atoms with E-state index in [9.17, 15) is 19.5 Å². The molecule has 22 heavy (non-hydrogen) atoms. The zero-order valence-electron chi connectivity index (χ0n) is 11.4. The molecule has 0 aromatic heterocycles. The molecule has 0 heterocycles. The second kappa shape index (κ2) is 6.40. The van der Waals surface area contributed by atoms with E-state index in [1.54, 1.807) is 24.3 Å². The van der Waals surface area contributed by atoms with Crippen LogP contribution < -0.4 is 16.4 Å². The molecule has 0 saturated heterocycles. The van der Waals surface area contributed by atoms with Crippen LogP contribution in [0.3, 0.4) is 0 Å². The summed E-state index contributed by atoms with van der Waals surface area (Å²) >= 11 is 0. The van der Waals surface area contributed by atoms with E-state index in [2.05, 4.69) is 5.32 Å². The SMILES string of the molecule is Nc1ccccc1C(=O)NC(=O)C(=O)Nc1ccccc1O. The monoisotopic (exact) mass is 299 g/mol. The van der Waals surface area contributed by atoms with Gasteiger partial charge in [-0.05, 0) is 24.3 Å². The molecule has 5 N–H and O–H groups in total. The minimum atomic E-state index is -1.16. The minimum Gasteiger partial charge on any atom is -0.506 e. The molecule has 0 aliphatic rings. The van der Waals surface area contributed by atoms with Gasteiger partial charge in [0.05, 0.1) is 11.3 Å². The number of nitrogens with one attached hydrogen (secondary N) is 2. The minimum absolute atomic E-state index is 0.0642. The standard InChI is InChI=1S/C15H13N3O4/c16-10-6-2-1-5-9(10)13(20)18-15(22)14(21)17-11-7-3-4-8-12(11)19/h1-8,19H,16H2,(H,17,21)(H,18,20,22). The number of anilines is 2. The summed E-state index contributed by atoms with van der Waals surface area (Å²) in [5, 5.41) is 13.6. The van der Waals surface area contributed by atoms with Crippen LogP contribution in [0.15, 0.2) is 48.5 Å². The van der Waals surface area contributed by atoms with E-state index in [0.29, 0.717) is 0 Å². The fraction of sp³-hybridized carbons (Fsp3) is 0. The molecule has 0 radical (unpaired) electrons. The van der Waals surface area contributed by atoms with E-state index >= 15 is 0 Å². The lowest BCUT2D eigenvalue weighted by Gasteiger charge is -2.08. The number of hydrogen-bond acceptors (Lipinski definition) is 5. The molecule has 112 valence electrons. The summed E-state index contributed by atoms with van der Waals surface area (Å²) in [7, 11) is 0. The zero-order chi connectivity index (χ0) is 16.1. The van der Waals surface area contributed by atoms with Crippen molar-refractivity contribution in [2.45, 2.75) is 0 Å². The third-order valence-corrected chi connectivity index (χ3v) is 2.79. The molecule has 0 atom stereocenters. The quantitative estimate of drug-likeness (QED) is 0.372. The largest absolute Gasteiger partial charge is 0.506 e. The predicted molar refractivity (Wildman–Crippen MR) is 80.1 cm³/mol. The third-order valence-electron chi connectivity index (χ3n) is 2.79. The molecule has 0 fully saturated rings. The number of imide groups is 1. The number of nitrogens with two attached hydrogens (primary N) is 1. The van der Waals surface area contributed by atoms with Crippen molar-refractivity contribution in [2.75, 3.05) is 11.1 Å². The highest BCUT2D eigenvalue weighted by molar-refractivity contribution is 6.42. The van der Waals surface area contributed by atoms with Gasteiger partial charge in [0.25, 0.3) is 5.91 Å². The Morgan fingerprint density at radius 3 is 2.23 bits per heavy atom. The number of benzene rings is 2. The molecule has 2 rings (SSSR count). The van der Waals surface area contributed by atoms with Crippen molar-refractivity contribution in [3.63, 3.8) is 0 Å². The Bertz CT molecular complexity index is 743. The van der Waals surface area contributed by atoms with Gasteiger partial charge in [-0.25, -0.2) is 0 Å². The summed E-state index contributed by atoms with van der Waals surface area (Å²) in [5.41, 5.74) is 5.95. The van der Waals surface area contributed by atoms with Gasteiger partial charge in [-0.15, -0.1) is 0 Å². The molecule has 2 aromatic carbocycles. The van der Waals surface area contributed by atoms with Crippen molar-refractivity contribution in [2.24, 2.45) is 0 Å². The molecule has 7 nitrogen and oxygen atoms in total. The number of hydrogen-bond donors (Lipinski definition) is 4. The number of rotatable bonds is 2. The molecule has 0 saturated carbocycles. The summed E-state index contributed by atoms with van der Waals surface area (Å²) in [6, 6.07) is 12.0. The van der Waals surface area contributed by atoms with Crippen LogP contribution in [-0.2, 0) is 9.59 Å². The maximum absolute atomic E-state index is 11.9. The summed E-state index contributed by atoms with van der Waals surface area (Å²) in [6.07, 6.45) is 0. The summed E-state index contributed by atoms with van der Waals surface area (Å²) in [4.78, 5) is 35.2. The third kappa shape index (κ3) is 3.40. The Balaban J connectivity index is 2.03. The van der Waals surface area contributed by atoms with E-state index in [0.717, 1.165) is 0 Å². The molecule has 3 amide bonds. The summed E-state index contributed by atoms with van der Waals surface area (Å²) in [5.74, 6) is -3.21. The van der Waals surface area contributed by atoms with Gasteiger partial charge in [0, 0.05) is 5.69 Å². The van der Waals surface area contributed by atoms with E-state index in [1.165, 1.54) is 24.3 Å². The highest BCUT2D eigenvalue weighted by atomic mass is 16.3. The number of amides is 3. The van der Waals surface area contributed by atoms with Crippen molar-refractivity contribution in [3.8, 4) is 5.75 Å². The molecule has 0 unspecified atom stereocenters. The predicted octanol–water partition coefficient (Wildman–Crippen LogP) is 0.869. The highest BCUT2D eigenvalue weighted by Gasteiger charge is 2.19. The molecule has 0 bridgehead atoms. The van der Waals surface area contributed by atoms with E-state index < -0.39 is 17.7 Å². The van der Waals surface area contributed by atoms with Crippen LogP contribution in [-0.4, -0.2) is 22.8 Å². The van der Waals surface area contributed by atoms with Gasteiger partial charge < -0.3 is 16.2 Å². The molecule has 7 heteroatoms. The van der Waals surface area contributed by atoms with E-state index in [1.807, 2.05) is 5.32 Å². The topological polar surface area (TPSA) is 122 Å². The second-order valence-corrected chi connectivity index (χ2v) is 4.34. The van der Waals surface area contributed by atoms with Crippen LogP contribution in [0.1, 0.15) is 10.4 Å². The first kappa shape index (κ1) is 15.0. The van der Waals surface area contributed by atoms with Gasteiger partial charge in [0.15, 0.2) is 0 Å². The van der Waals surface area contributed by atoms with Crippen LogP contribution in [0.25, 0.3) is 0 Å². The van der Waals surface area contributed by atoms with Gasteiger partial charge >= 0.3 is 11.8 Å². The first-order valence-electron chi connectivity index (χ1n) is 6.28. The Labute approximate surface area is 125 Å². The molecular formula is C15H13N3O4. The van der Waals surface area contributed by atoms with Crippen molar-refractivity contribution >= 4 is 29.1 Å². The molecule has 0 spiro atoms. The van der Waals surface area contributed by atoms with Crippen LogP contribution in [0.4, 0.5) is 11.4 Å². The zero-order valence-corrected chi connectivity index (χ0v) is 11.4. The average molecular weight is 299 g/mol. The lowest BCUT2D eigenvalue weighted by Crippen LogP contribution is -2.39. The Kier molecular flexibility index (Phi) is 4.38. The number of carbonyl (C=O) groups excluding carboxylic acids is 3. The maximum atomic E-state index is 11.9. The Morgan fingerprint density at radius 2 is 1.55 bits per heavy atom. The highest BCUT2D eigenvalue weighted by Crippen LogP contribution is 2.21. The van der Waals surface area contributed by atoms with Gasteiger partial charge in [-0.3, -0.25) is 19.7 Å². The Morgan fingerprint density at radius 1 is 0.909 bits per heavy atom. The maximum Gasteiger partial charge on any atom is 0.316 e. The molecule has 0 aliphatic heterocycles. The van der Waals surface area contributed by atoms with Gasteiger partial charge in [0.1, 0.15) is 5.75 Å². The first-order valence-corrected chi connectivity index (χ1v) is 6.28. The smallest absolute Gasteiger partial charge is 0.316 e. The van der Waals surface area contributed by atoms with Crippen molar-refractivity contribution in [1.82, 2.24) is 5.32 Å². The van der Waals surface area contributed by atoms with Crippen LogP contribution in [0.2, 0.25) is 0 Å². The molecule has 2 aromatic rings. The number of phenols is 1. The van der Waals surface area contributed by atoms with E-state index in [4.69, 9.17) is 5.73 Å². The van der Waals surface area contributed by atoms with E-state index in [-0.39, 0.29) is 22.7 Å². The fourth-order valence-corrected chi connectivity index (χ4v) is 1.69. The summed E-state index contributed by atoms with van der Waals surface area (Å²) in [6.45, 7) is 0. The first-order chi connectivity index (χ1) is 10.5. The molecule has 0 aliphatic carbocycles. The number of para-hydroxylation sites is 3. The van der Waals surface area contributed by atoms with Gasteiger partial charge in [0.2, 0.25) is 0 Å². The lowest BCUT2D eigenvalue weighted by atomic mass is 10.1. The lowest BCUT2D eigenvalue weighted by molar-refractivity contribution is -0.135. The Hall–Kier alpha value is -3.35. The number of nitrogen functional groups attached to an aromatic ring is 1. The normalized spacial score (nSPS) is 9.82. The molecular weight excluding hydrogens is 286 g/mol. The van der Waals surface area contributed by atoms with Crippen molar-refractivity contribution < 1.29 is 19.5 Å². The van der Waals surface area contributed by atoms with Crippen LogP contribution >= 0.6 is 0 Å². The average Bonchev–Trinajstić information content (AvgIpc) is 2.49. The number of aromatic hydroxyl groups is 1. The second-order valence-electron chi connectivity index (χ2n) is 4.34.